The molecule has 0 radical (unpaired) electrons. The quantitative estimate of drug-likeness (QED) is 0.358. The number of nitro benzene ring substituents is 1. The minimum absolute atomic E-state index is 0.224. The van der Waals surface area contributed by atoms with Crippen molar-refractivity contribution in [3.8, 4) is 0 Å². The second kappa shape index (κ2) is 11.3. The molecule has 4 N–H and O–H groups in total. The molecule has 0 heterocycles. The maximum absolute atomic E-state index is 13.3. The van der Waals surface area contributed by atoms with Gasteiger partial charge in [0.1, 0.15) is 5.82 Å². The molecule has 1 aromatic rings. The number of hydrogen-bond donors (Lipinski definition) is 2. The van der Waals surface area contributed by atoms with E-state index in [-0.39, 0.29) is 10.0 Å². The number of nitro groups is 1. The van der Waals surface area contributed by atoms with Crippen LogP contribution in [0, 0.1) is 15.9 Å². The average Bonchev–Trinajstić information content (AvgIpc) is 2.41. The third-order valence-electron chi connectivity index (χ3n) is 2.51. The number of thiocarbonyl (C=S) groups is 1. The van der Waals surface area contributed by atoms with Crippen molar-refractivity contribution in [3.05, 3.63) is 39.7 Å². The number of unbranched alkanes of at least 4 members (excludes halogenated alkanes) is 1. The Kier molecular flexibility index (Phi) is 10.6. The Balaban J connectivity index is 0.000000690. The van der Waals surface area contributed by atoms with E-state index in [4.69, 9.17) is 0 Å². The summed E-state index contributed by atoms with van der Waals surface area (Å²) in [5, 5.41) is 13.1. The molecule has 0 atom stereocenters. The summed E-state index contributed by atoms with van der Waals surface area (Å²) in [6.45, 7) is 3.68. The summed E-state index contributed by atoms with van der Waals surface area (Å²) >= 11 is 9.24. The van der Waals surface area contributed by atoms with Crippen LogP contribution in [0.1, 0.15) is 25.3 Å². The molecule has 0 bridgehead atoms. The van der Waals surface area contributed by atoms with Crippen LogP contribution in [0.15, 0.2) is 18.2 Å². The van der Waals surface area contributed by atoms with Gasteiger partial charge in [-0.3, -0.25) is 10.1 Å². The highest BCUT2D eigenvalue weighted by Gasteiger charge is 2.09. The monoisotopic (exact) mass is 333 g/mol. The summed E-state index contributed by atoms with van der Waals surface area (Å²) in [5.41, 5.74) is 3.81. The zero-order valence-corrected chi connectivity index (χ0v) is 13.6. The van der Waals surface area contributed by atoms with Gasteiger partial charge in [-0.2, -0.15) is 0 Å². The van der Waals surface area contributed by atoms with E-state index in [2.05, 4.69) is 42.8 Å². The van der Waals surface area contributed by atoms with E-state index in [9.17, 15) is 14.5 Å². The van der Waals surface area contributed by atoms with Crippen molar-refractivity contribution in [1.82, 2.24) is 5.32 Å². The molecule has 1 rings (SSSR count). The number of rotatable bonds is 6. The van der Waals surface area contributed by atoms with Crippen molar-refractivity contribution in [2.45, 2.75) is 26.2 Å². The molecule has 0 aliphatic rings. The van der Waals surface area contributed by atoms with E-state index in [0.29, 0.717) is 18.5 Å². The van der Waals surface area contributed by atoms with Crippen LogP contribution in [0.5, 0.6) is 0 Å². The Labute approximate surface area is 134 Å². The lowest BCUT2D eigenvalue weighted by molar-refractivity contribution is -0.385. The zero-order chi connectivity index (χ0) is 16.3. The minimum Gasteiger partial charge on any atom is -0.412 e. The number of quaternary nitrogens is 1. The van der Waals surface area contributed by atoms with Crippen molar-refractivity contribution >= 4 is 34.9 Å². The van der Waals surface area contributed by atoms with Gasteiger partial charge in [0.25, 0.3) is 5.69 Å². The van der Waals surface area contributed by atoms with Gasteiger partial charge in [-0.25, -0.2) is 4.39 Å². The van der Waals surface area contributed by atoms with Crippen LogP contribution in [0.3, 0.4) is 0 Å². The normalized spacial score (nSPS) is 9.48. The number of hydrogen-bond acceptors (Lipinski definition) is 4. The Morgan fingerprint density at radius 3 is 2.62 bits per heavy atom. The Hall–Kier alpha value is -1.38. The molecule has 0 saturated heterocycles. The zero-order valence-electron chi connectivity index (χ0n) is 11.9. The van der Waals surface area contributed by atoms with Crippen LogP contribution in [-0.4, -0.2) is 22.3 Å². The lowest BCUT2D eigenvalue weighted by Gasteiger charge is -2.09. The molecule has 21 heavy (non-hydrogen) atoms. The van der Waals surface area contributed by atoms with E-state index in [1.54, 1.807) is 0 Å². The van der Waals surface area contributed by atoms with E-state index in [0.717, 1.165) is 12.6 Å². The van der Waals surface area contributed by atoms with Crippen molar-refractivity contribution in [3.63, 3.8) is 0 Å². The first kappa shape index (κ1) is 19.6. The smallest absolute Gasteiger partial charge is 0.272 e. The second-order valence-corrected chi connectivity index (χ2v) is 5.28. The summed E-state index contributed by atoms with van der Waals surface area (Å²) in [6.07, 6.45) is 2.93. The van der Waals surface area contributed by atoms with Crippen LogP contribution in [0.25, 0.3) is 0 Å². The van der Waals surface area contributed by atoms with Crippen LogP contribution >= 0.6 is 12.2 Å². The van der Waals surface area contributed by atoms with Gasteiger partial charge in [0.15, 0.2) is 0 Å². The van der Waals surface area contributed by atoms with Crippen LogP contribution in [0.4, 0.5) is 10.1 Å². The van der Waals surface area contributed by atoms with Gasteiger partial charge in [-0.1, -0.05) is 17.7 Å². The van der Waals surface area contributed by atoms with Crippen molar-refractivity contribution in [2.24, 2.45) is 0 Å². The molecule has 8 heteroatoms. The van der Waals surface area contributed by atoms with Crippen LogP contribution in [0.2, 0.25) is 0 Å². The number of nitrogens with one attached hydrogen (secondary N) is 1. The van der Waals surface area contributed by atoms with Crippen LogP contribution < -0.4 is 11.1 Å². The fraction of sp³-hybridized carbons (Fsp3) is 0.462. The molecule has 0 amide bonds. The fourth-order valence-electron chi connectivity index (χ4n) is 1.40. The summed E-state index contributed by atoms with van der Waals surface area (Å²) in [6, 6.07) is 3.56. The molecule has 1 aromatic carbocycles. The maximum atomic E-state index is 13.3. The maximum Gasteiger partial charge on any atom is 0.272 e. The van der Waals surface area contributed by atoms with Crippen molar-refractivity contribution < 1.29 is 15.0 Å². The Morgan fingerprint density at radius 1 is 1.57 bits per heavy atom. The molecule has 0 aliphatic heterocycles. The largest absolute Gasteiger partial charge is 0.412 e. The van der Waals surface area contributed by atoms with Crippen molar-refractivity contribution in [2.75, 3.05) is 13.1 Å². The summed E-state index contributed by atoms with van der Waals surface area (Å²) < 4.78 is 13.6. The molecule has 0 aliphatic carbocycles. The standard InChI is InChI=1S/C9H9FN2O2S2.C4H11N/c10-8-5-7(12(13)14)2-1-6(8)3-4-11-9(15)16;1-2-3-4-5/h1-2,5H,3-4H2,(H2,11,15,16);2-5H2,1H3. The van der Waals surface area contributed by atoms with Crippen LogP contribution in [-0.2, 0) is 19.0 Å². The Bertz CT molecular complexity index is 471. The topological polar surface area (TPSA) is 82.8 Å². The SMILES string of the molecule is CCCC[NH3+].O=[N+]([O-])c1ccc(CCNC(=S)[S-])c(F)c1. The van der Waals surface area contributed by atoms with Gasteiger partial charge < -0.3 is 35.9 Å². The van der Waals surface area contributed by atoms with E-state index in [1.807, 2.05) is 0 Å². The molecule has 0 aromatic heterocycles. The average molecular weight is 333 g/mol. The van der Waals surface area contributed by atoms with Gasteiger partial charge in [0.2, 0.25) is 0 Å². The fourth-order valence-corrected chi connectivity index (χ4v) is 1.61. The second-order valence-electron chi connectivity index (χ2n) is 4.20. The molecule has 0 fully saturated rings. The molecule has 0 unspecified atom stereocenters. The number of nitrogens with zero attached hydrogens (tertiary/aromatic N) is 1. The first-order chi connectivity index (χ1) is 9.92. The third kappa shape index (κ3) is 9.22. The van der Waals surface area contributed by atoms with E-state index < -0.39 is 10.7 Å². The highest BCUT2D eigenvalue weighted by molar-refractivity contribution is 8.00. The molecule has 118 valence electrons. The summed E-state index contributed by atoms with van der Waals surface area (Å²) in [5.74, 6) is -0.591. The Morgan fingerprint density at radius 2 is 2.24 bits per heavy atom. The number of benzene rings is 1. The first-order valence-electron chi connectivity index (χ1n) is 6.59. The van der Waals surface area contributed by atoms with E-state index in [1.165, 1.54) is 25.0 Å². The van der Waals surface area contributed by atoms with Gasteiger partial charge >= 0.3 is 0 Å². The van der Waals surface area contributed by atoms with Gasteiger partial charge in [-0.15, -0.1) is 0 Å². The van der Waals surface area contributed by atoms with E-state index >= 15 is 0 Å². The molecule has 0 saturated carbocycles. The predicted molar refractivity (Wildman–Crippen MR) is 87.4 cm³/mol. The predicted octanol–water partition coefficient (Wildman–Crippen LogP) is 1.73. The van der Waals surface area contributed by atoms with Gasteiger partial charge in [0.05, 0.1) is 17.5 Å². The van der Waals surface area contributed by atoms with Gasteiger partial charge in [-0.05, 0) is 24.5 Å². The molecule has 0 spiro atoms. The van der Waals surface area contributed by atoms with Crippen molar-refractivity contribution in [1.29, 1.82) is 0 Å². The lowest BCUT2D eigenvalue weighted by Crippen LogP contribution is -2.49. The highest BCUT2D eigenvalue weighted by Crippen LogP contribution is 2.16. The van der Waals surface area contributed by atoms with Gasteiger partial charge in [0, 0.05) is 12.6 Å². The lowest BCUT2D eigenvalue weighted by atomic mass is 10.1. The highest BCUT2D eigenvalue weighted by atomic mass is 32.1. The number of non-ortho nitro benzene ring substituents is 1. The first-order valence-corrected chi connectivity index (χ1v) is 7.40. The summed E-state index contributed by atoms with van der Waals surface area (Å²) in [7, 11) is 0. The third-order valence-corrected chi connectivity index (χ3v) is 2.80. The summed E-state index contributed by atoms with van der Waals surface area (Å²) in [4.78, 5) is 9.73. The number of halogens is 1. The molecular weight excluding hydrogens is 313 g/mol. The minimum atomic E-state index is -0.635. The molecular formula is C13H20FN3O2S2. The molecule has 5 nitrogen and oxygen atoms in total.